The normalized spacial score (nSPS) is 16.8. The summed E-state index contributed by atoms with van der Waals surface area (Å²) in [5.41, 5.74) is 1.30. The van der Waals surface area contributed by atoms with Gasteiger partial charge >= 0.3 is 0 Å². The maximum absolute atomic E-state index is 12.9. The van der Waals surface area contributed by atoms with Gasteiger partial charge in [0.15, 0.2) is 0 Å². The maximum atomic E-state index is 12.9. The summed E-state index contributed by atoms with van der Waals surface area (Å²) in [6.45, 7) is 0.797. The minimum atomic E-state index is 0.0746. The highest BCUT2D eigenvalue weighted by atomic mass is 32.2. The molecule has 122 valence electrons. The maximum Gasteiger partial charge on any atom is 0.233 e. The number of hydrogen-bond acceptors (Lipinski definition) is 5. The zero-order chi connectivity index (χ0) is 16.4. The number of nitrogens with zero attached hydrogens (tertiary/aromatic N) is 2. The molecule has 6 heteroatoms. The van der Waals surface area contributed by atoms with E-state index >= 15 is 0 Å². The van der Waals surface area contributed by atoms with E-state index in [2.05, 4.69) is 38.8 Å². The Bertz CT molecular complexity index is 814. The van der Waals surface area contributed by atoms with Crippen LogP contribution >= 0.6 is 34.4 Å². The highest BCUT2D eigenvalue weighted by Gasteiger charge is 2.33. The third-order valence-corrected chi connectivity index (χ3v) is 7.03. The Labute approximate surface area is 153 Å². The van der Waals surface area contributed by atoms with Gasteiger partial charge < -0.3 is 4.90 Å². The van der Waals surface area contributed by atoms with Crippen molar-refractivity contribution in [1.82, 2.24) is 9.88 Å². The molecule has 0 N–H and O–H groups in total. The van der Waals surface area contributed by atoms with E-state index in [0.29, 0.717) is 5.75 Å². The largest absolute Gasteiger partial charge is 0.330 e. The van der Waals surface area contributed by atoms with E-state index < -0.39 is 0 Å². The third-order valence-electron chi connectivity index (χ3n) is 4.11. The van der Waals surface area contributed by atoms with E-state index in [0.717, 1.165) is 17.9 Å². The molecule has 1 unspecified atom stereocenters. The van der Waals surface area contributed by atoms with Crippen LogP contribution in [0.5, 0.6) is 0 Å². The third kappa shape index (κ3) is 3.14. The molecule has 1 aliphatic heterocycles. The molecular formula is C18H16N2OS3. The molecule has 0 spiro atoms. The Hall–Kier alpha value is -1.63. The molecule has 24 heavy (non-hydrogen) atoms. The van der Waals surface area contributed by atoms with Crippen LogP contribution in [0.4, 0.5) is 0 Å². The van der Waals surface area contributed by atoms with Crippen molar-refractivity contribution in [3.8, 4) is 0 Å². The summed E-state index contributed by atoms with van der Waals surface area (Å²) in [4.78, 5) is 22.7. The van der Waals surface area contributed by atoms with Gasteiger partial charge in [0.1, 0.15) is 0 Å². The number of pyridine rings is 1. The van der Waals surface area contributed by atoms with Crippen molar-refractivity contribution in [2.24, 2.45) is 0 Å². The Morgan fingerprint density at radius 2 is 2.08 bits per heavy atom. The van der Waals surface area contributed by atoms with E-state index in [9.17, 15) is 4.79 Å². The lowest BCUT2D eigenvalue weighted by Gasteiger charge is -2.35. The number of hydrogen-bond donors (Lipinski definition) is 0. The molecule has 0 radical (unpaired) electrons. The van der Waals surface area contributed by atoms with Gasteiger partial charge in [-0.25, -0.2) is 0 Å². The number of carbonyl (C=O) groups excluding carboxylic acids is 1. The highest BCUT2D eigenvalue weighted by molar-refractivity contribution is 8.00. The second kappa shape index (κ2) is 7.09. The first kappa shape index (κ1) is 15.9. The molecule has 3 aromatic heterocycles. The van der Waals surface area contributed by atoms with E-state index in [1.54, 1.807) is 46.8 Å². The fourth-order valence-corrected chi connectivity index (χ4v) is 5.53. The van der Waals surface area contributed by atoms with Crippen molar-refractivity contribution in [3.63, 3.8) is 0 Å². The average molecular weight is 373 g/mol. The van der Waals surface area contributed by atoms with E-state index in [4.69, 9.17) is 0 Å². The smallest absolute Gasteiger partial charge is 0.233 e. The van der Waals surface area contributed by atoms with Crippen LogP contribution in [-0.4, -0.2) is 28.1 Å². The lowest BCUT2D eigenvalue weighted by atomic mass is 9.98. The zero-order valence-electron chi connectivity index (χ0n) is 12.9. The van der Waals surface area contributed by atoms with Crippen molar-refractivity contribution in [2.45, 2.75) is 17.4 Å². The van der Waals surface area contributed by atoms with Crippen molar-refractivity contribution < 1.29 is 4.79 Å². The van der Waals surface area contributed by atoms with E-state index in [1.165, 1.54) is 15.3 Å². The fraction of sp³-hybridized carbons (Fsp3) is 0.222. The SMILES string of the molecule is O=C(CSc1ccncc1)N1CCc2sccc2C1c1cccs1. The molecule has 3 aromatic rings. The molecule has 0 fully saturated rings. The van der Waals surface area contributed by atoms with Crippen LogP contribution in [0.3, 0.4) is 0 Å². The molecule has 0 saturated heterocycles. The van der Waals surface area contributed by atoms with Crippen molar-refractivity contribution in [3.05, 3.63) is 68.8 Å². The summed E-state index contributed by atoms with van der Waals surface area (Å²) in [6.07, 6.45) is 4.49. The minimum absolute atomic E-state index is 0.0746. The zero-order valence-corrected chi connectivity index (χ0v) is 15.4. The number of fused-ring (bicyclic) bond motifs is 1. The van der Waals surface area contributed by atoms with E-state index in [1.807, 2.05) is 12.1 Å². The quantitative estimate of drug-likeness (QED) is 0.634. The first-order valence-corrected chi connectivity index (χ1v) is 10.5. The molecule has 1 aliphatic rings. The van der Waals surface area contributed by atoms with Crippen molar-refractivity contribution >= 4 is 40.3 Å². The molecule has 4 heterocycles. The monoisotopic (exact) mass is 372 g/mol. The molecule has 1 amide bonds. The number of amides is 1. The number of carbonyl (C=O) groups is 1. The summed E-state index contributed by atoms with van der Waals surface area (Å²) in [5, 5.41) is 4.23. The molecule has 3 nitrogen and oxygen atoms in total. The fourth-order valence-electron chi connectivity index (χ4n) is 3.00. The Morgan fingerprint density at radius 3 is 2.88 bits per heavy atom. The predicted octanol–water partition coefficient (Wildman–Crippen LogP) is 4.47. The van der Waals surface area contributed by atoms with Gasteiger partial charge in [0, 0.05) is 33.6 Å². The van der Waals surface area contributed by atoms with Gasteiger partial charge in [-0.05, 0) is 47.0 Å². The molecule has 0 aromatic carbocycles. The first-order chi connectivity index (χ1) is 11.8. The van der Waals surface area contributed by atoms with Crippen molar-refractivity contribution in [2.75, 3.05) is 12.3 Å². The van der Waals surface area contributed by atoms with E-state index in [-0.39, 0.29) is 11.9 Å². The lowest BCUT2D eigenvalue weighted by Crippen LogP contribution is -2.40. The van der Waals surface area contributed by atoms with Gasteiger partial charge in [0.05, 0.1) is 11.8 Å². The molecular weight excluding hydrogens is 356 g/mol. The average Bonchev–Trinajstić information content (AvgIpc) is 3.31. The summed E-state index contributed by atoms with van der Waals surface area (Å²) in [6, 6.07) is 10.3. The summed E-state index contributed by atoms with van der Waals surface area (Å²) in [5.74, 6) is 0.665. The van der Waals surface area contributed by atoms with Crippen LogP contribution in [0.25, 0.3) is 0 Å². The van der Waals surface area contributed by atoms with Gasteiger partial charge in [-0.3, -0.25) is 9.78 Å². The lowest BCUT2D eigenvalue weighted by molar-refractivity contribution is -0.130. The second-order valence-corrected chi connectivity index (χ2v) is 8.55. The summed E-state index contributed by atoms with van der Waals surface area (Å²) >= 11 is 5.11. The number of rotatable bonds is 4. The van der Waals surface area contributed by atoms with Gasteiger partial charge in [-0.2, -0.15) is 0 Å². The molecule has 0 aliphatic carbocycles. The minimum Gasteiger partial charge on any atom is -0.330 e. The van der Waals surface area contributed by atoms with Crippen LogP contribution in [0, 0.1) is 0 Å². The van der Waals surface area contributed by atoms with Crippen LogP contribution in [0.2, 0.25) is 0 Å². The van der Waals surface area contributed by atoms with Crippen LogP contribution in [0.15, 0.2) is 58.4 Å². The number of thiophene rings is 2. The topological polar surface area (TPSA) is 33.2 Å². The number of thioether (sulfide) groups is 1. The predicted molar refractivity (Wildman–Crippen MR) is 101 cm³/mol. The van der Waals surface area contributed by atoms with Gasteiger partial charge in [-0.1, -0.05) is 6.07 Å². The van der Waals surface area contributed by atoms with Crippen LogP contribution in [-0.2, 0) is 11.2 Å². The first-order valence-electron chi connectivity index (χ1n) is 7.75. The molecule has 1 atom stereocenters. The highest BCUT2D eigenvalue weighted by Crippen LogP contribution is 2.39. The number of aromatic nitrogens is 1. The summed E-state index contributed by atoms with van der Waals surface area (Å²) in [7, 11) is 0. The van der Waals surface area contributed by atoms with Gasteiger partial charge in [0.25, 0.3) is 0 Å². The second-order valence-electron chi connectivity index (χ2n) is 5.53. The molecule has 0 saturated carbocycles. The Balaban J connectivity index is 1.56. The van der Waals surface area contributed by atoms with Gasteiger partial charge in [-0.15, -0.1) is 34.4 Å². The Kier molecular flexibility index (Phi) is 4.69. The van der Waals surface area contributed by atoms with Crippen molar-refractivity contribution in [1.29, 1.82) is 0 Å². The van der Waals surface area contributed by atoms with Crippen LogP contribution in [0.1, 0.15) is 21.4 Å². The van der Waals surface area contributed by atoms with Crippen LogP contribution < -0.4 is 0 Å². The van der Waals surface area contributed by atoms with Gasteiger partial charge in [0.2, 0.25) is 5.91 Å². The summed E-state index contributed by atoms with van der Waals surface area (Å²) < 4.78 is 0. The standard InChI is InChI=1S/C18H16N2OS3/c21-17(12-24-13-3-7-19-8-4-13)20-9-5-15-14(6-11-23-15)18(20)16-2-1-10-22-16/h1-4,6-8,10-11,18H,5,9,12H2. The molecule has 4 rings (SSSR count). The molecule has 0 bridgehead atoms. The Morgan fingerprint density at radius 1 is 1.21 bits per heavy atom.